The van der Waals surface area contributed by atoms with Crippen molar-refractivity contribution in [1.82, 2.24) is 0 Å². The minimum atomic E-state index is -5.15. The highest BCUT2D eigenvalue weighted by Gasteiger charge is 2.18. The Morgan fingerprint density at radius 2 is 1.33 bits per heavy atom. The Balaban J connectivity index is 7.45. The fourth-order valence-corrected chi connectivity index (χ4v) is 0.570. The van der Waals surface area contributed by atoms with Crippen molar-refractivity contribution in [2.75, 3.05) is 13.1 Å². The highest BCUT2D eigenvalue weighted by atomic mass is 16.6. The van der Waals surface area contributed by atoms with Gasteiger partial charge in [0.25, 0.3) is 0 Å². The molecule has 0 unspecified atom stereocenters. The fourth-order valence-electron chi connectivity index (χ4n) is 0.570. The largest absolute Gasteiger partial charge is 0.462 e. The van der Waals surface area contributed by atoms with Crippen molar-refractivity contribution in [3.8, 4) is 0 Å². The molecule has 6 nitrogen and oxygen atoms in total. The first-order valence-electron chi connectivity index (χ1n) is 17.6. The number of rotatable bonds is 11. The lowest BCUT2D eigenvalue weighted by Crippen LogP contribution is -2.30. The van der Waals surface area contributed by atoms with Crippen molar-refractivity contribution < 1.29 is 64.2 Å². The molecule has 0 rings (SSSR count). The van der Waals surface area contributed by atoms with Crippen molar-refractivity contribution in [2.45, 2.75) is 64.9 Å². The fraction of sp³-hybridized carbons (Fsp3) is 0.800. The molecule has 122 valence electrons. The van der Waals surface area contributed by atoms with Gasteiger partial charge in [0.2, 0.25) is 0 Å². The molecule has 0 heterocycles. The van der Waals surface area contributed by atoms with Crippen molar-refractivity contribution >= 4 is 17.9 Å². The Labute approximate surface area is 162 Å². The van der Waals surface area contributed by atoms with Crippen LogP contribution < -0.4 is 0 Å². The number of hydrogen-bond donors (Lipinski definition) is 0. The van der Waals surface area contributed by atoms with E-state index < -0.39 is 95.9 Å². The van der Waals surface area contributed by atoms with E-state index in [9.17, 15) is 14.4 Å². The molecular weight excluding hydrogens is 276 g/mol. The summed E-state index contributed by atoms with van der Waals surface area (Å²) in [5.74, 6) is -8.95. The first-order valence-corrected chi connectivity index (χ1v) is 4.59. The van der Waals surface area contributed by atoms with Crippen LogP contribution in [0.3, 0.4) is 0 Å². The minimum Gasteiger partial charge on any atom is -0.462 e. The van der Waals surface area contributed by atoms with E-state index >= 15 is 0 Å². The molecule has 0 aliphatic rings. The molecule has 6 heteroatoms. The van der Waals surface area contributed by atoms with E-state index in [4.69, 9.17) is 35.6 Å². The number of hydrogen-bond acceptors (Lipinski definition) is 6. The van der Waals surface area contributed by atoms with Gasteiger partial charge < -0.3 is 14.2 Å². The Morgan fingerprint density at radius 3 is 1.76 bits per heavy atom. The smallest absolute Gasteiger partial charge is 0.306 e. The van der Waals surface area contributed by atoms with Crippen LogP contribution >= 0.6 is 0 Å². The lowest BCUT2D eigenvalue weighted by molar-refractivity contribution is -0.166. The predicted molar refractivity (Wildman–Crippen MR) is 76.5 cm³/mol. The summed E-state index contributed by atoms with van der Waals surface area (Å²) in [6.45, 7) is -22.1. The van der Waals surface area contributed by atoms with Gasteiger partial charge in [0.05, 0.1) is 6.85 Å². The zero-order chi connectivity index (χ0) is 38.9. The topological polar surface area (TPSA) is 78.9 Å². The molecule has 0 bridgehead atoms. The van der Waals surface area contributed by atoms with E-state index in [2.05, 4.69) is 14.2 Å². The molecule has 0 aromatic rings. The molecule has 0 aliphatic heterocycles. The number of esters is 3. The maximum atomic E-state index is 12.8. The van der Waals surface area contributed by atoms with E-state index in [1.165, 1.54) is 0 Å². The second kappa shape index (κ2) is 12.2. The Hall–Kier alpha value is -1.59. The molecule has 0 aliphatic carbocycles. The minimum absolute atomic E-state index is 2.95. The third-order valence-corrected chi connectivity index (χ3v) is 1.16. The van der Waals surface area contributed by atoms with Crippen molar-refractivity contribution in [3.05, 3.63) is 0 Å². The van der Waals surface area contributed by atoms with E-state index in [0.717, 1.165) is 0 Å². The van der Waals surface area contributed by atoms with Crippen molar-refractivity contribution in [3.63, 3.8) is 0 Å². The van der Waals surface area contributed by atoms with Gasteiger partial charge in [-0.2, -0.15) is 0 Å². The standard InChI is InChI=1S/C15H26O6/c1-4-7-13(16)19-10-12(21-15(18)9-6-3)11-20-14(17)8-5-2/h12H,4-11H2,1-3H3/i1D3,2D3,3D3,4D2,5D2,6D2,7D2,8D2,9D2,10D2,11D2,12D. The molecule has 21 heavy (non-hydrogen) atoms. The van der Waals surface area contributed by atoms with Gasteiger partial charge in [-0.3, -0.25) is 14.4 Å². The highest BCUT2D eigenvalue weighted by molar-refractivity contribution is 5.71. The van der Waals surface area contributed by atoms with Crippen molar-refractivity contribution in [1.29, 1.82) is 0 Å². The van der Waals surface area contributed by atoms with Crippen LogP contribution in [0.25, 0.3) is 0 Å². The molecule has 0 radical (unpaired) electrons. The van der Waals surface area contributed by atoms with Crippen LogP contribution in [0.2, 0.25) is 0 Å². The maximum Gasteiger partial charge on any atom is 0.306 e. The average molecular weight is 329 g/mol. The average Bonchev–Trinajstić information content (AvgIpc) is 2.80. The summed E-state index contributed by atoms with van der Waals surface area (Å²) in [6, 6.07) is 0. The number of carbonyl (C=O) groups is 3. The highest BCUT2D eigenvalue weighted by Crippen LogP contribution is 2.03. The normalized spacial score (nSPS) is 36.4. The zero-order valence-electron chi connectivity index (χ0n) is 35.9. The quantitative estimate of drug-likeness (QED) is 0.428. The summed E-state index contributed by atoms with van der Waals surface area (Å²) in [7, 11) is 0. The monoisotopic (exact) mass is 328 g/mol. The van der Waals surface area contributed by atoms with Crippen LogP contribution in [0.4, 0.5) is 0 Å². The van der Waals surface area contributed by atoms with Gasteiger partial charge in [-0.25, -0.2) is 0 Å². The summed E-state index contributed by atoms with van der Waals surface area (Å²) in [5.41, 5.74) is 0. The third kappa shape index (κ3) is 10.8. The second-order valence-corrected chi connectivity index (χ2v) is 2.45. The van der Waals surface area contributed by atoms with Gasteiger partial charge >= 0.3 is 17.9 Å². The van der Waals surface area contributed by atoms with Crippen LogP contribution in [-0.4, -0.2) is 37.1 Å². The summed E-state index contributed by atoms with van der Waals surface area (Å²) in [6.07, 6.45) is -31.5. The summed E-state index contributed by atoms with van der Waals surface area (Å²) in [5, 5.41) is 0. The van der Waals surface area contributed by atoms with Crippen LogP contribution in [-0.2, 0) is 28.6 Å². The molecule has 0 N–H and O–H groups in total. The van der Waals surface area contributed by atoms with Gasteiger partial charge in [-0.05, 0) is 19.1 Å². The zero-order valence-corrected chi connectivity index (χ0v) is 9.95. The summed E-state index contributed by atoms with van der Waals surface area (Å²) < 4.78 is 206. The van der Waals surface area contributed by atoms with Gasteiger partial charge in [-0.15, -0.1) is 0 Å². The van der Waals surface area contributed by atoms with Crippen LogP contribution in [0.1, 0.15) is 94.4 Å². The van der Waals surface area contributed by atoms with E-state index in [-0.39, 0.29) is 0 Å². The van der Waals surface area contributed by atoms with Crippen molar-refractivity contribution in [2.24, 2.45) is 0 Å². The summed E-state index contributed by atoms with van der Waals surface area (Å²) >= 11 is 0. The molecule has 0 saturated heterocycles. The molecule has 0 amide bonds. The molecule has 0 aromatic carbocycles. The van der Waals surface area contributed by atoms with Gasteiger partial charge in [-0.1, -0.05) is 20.6 Å². The molecular formula is C15H26O6. The first kappa shape index (κ1) is 3.34. The molecule has 0 saturated carbocycles. The van der Waals surface area contributed by atoms with Gasteiger partial charge in [0, 0.05) is 47.9 Å². The molecule has 0 spiro atoms. The number of ether oxygens (including phenoxy) is 3. The SMILES string of the molecule is [2H]C([2H])([2H])C([2H])([2H])C([2H])([2H])C(=O)OC([2H])([2H])C([2H])(OC(=O)C([2H])([2H])C([2H])([2H])C([2H])([2H])[2H])C([2H])([2H])OC(=O)C([2H])([2H])C([2H])([2H])C([2H])([2H])[2H]. The Bertz CT molecular complexity index is 1140. The van der Waals surface area contributed by atoms with Crippen LogP contribution in [0.15, 0.2) is 0 Å². The van der Waals surface area contributed by atoms with Crippen LogP contribution in [0, 0.1) is 0 Å². The van der Waals surface area contributed by atoms with E-state index in [1.54, 1.807) is 0 Å². The molecule has 0 atom stereocenters. The third-order valence-electron chi connectivity index (χ3n) is 1.16. The van der Waals surface area contributed by atoms with Crippen LogP contribution in [0.5, 0.6) is 0 Å². The molecule has 0 fully saturated rings. The summed E-state index contributed by atoms with van der Waals surface area (Å²) in [4.78, 5) is 37.9. The predicted octanol–water partition coefficient (Wildman–Crippen LogP) is 2.38. The molecule has 0 aromatic heterocycles. The van der Waals surface area contributed by atoms with E-state index in [0.29, 0.717) is 0 Å². The Kier molecular flexibility index (Phi) is 1.93. The van der Waals surface area contributed by atoms with E-state index in [1.807, 2.05) is 0 Å². The second-order valence-electron chi connectivity index (χ2n) is 2.45. The maximum absolute atomic E-state index is 12.8. The lowest BCUT2D eigenvalue weighted by atomic mass is 10.3. The lowest BCUT2D eigenvalue weighted by Gasteiger charge is -2.18. The van der Waals surface area contributed by atoms with Gasteiger partial charge in [0.1, 0.15) is 13.1 Å². The van der Waals surface area contributed by atoms with Gasteiger partial charge in [0.15, 0.2) is 6.08 Å². The number of carbonyl (C=O) groups excluding carboxylic acids is 3. The Morgan fingerprint density at radius 1 is 0.905 bits per heavy atom. The first-order chi connectivity index (χ1) is 19.9.